The molecule has 100 valence electrons. The molecule has 0 aromatic carbocycles. The summed E-state index contributed by atoms with van der Waals surface area (Å²) in [5.74, 6) is 0.237. The van der Waals surface area contributed by atoms with Gasteiger partial charge in [-0.1, -0.05) is 11.6 Å². The van der Waals surface area contributed by atoms with Crippen LogP contribution in [0.15, 0.2) is 12.3 Å². The monoisotopic (exact) mass is 279 g/mol. The zero-order valence-electron chi connectivity index (χ0n) is 9.52. The first kappa shape index (κ1) is 13.4. The largest absolute Gasteiger partial charge is 0.417 e. The molecule has 1 aliphatic rings. The summed E-state index contributed by atoms with van der Waals surface area (Å²) in [7, 11) is 0. The van der Waals surface area contributed by atoms with E-state index in [0.717, 1.165) is 31.5 Å². The Hall–Kier alpha value is -1.01. The van der Waals surface area contributed by atoms with Crippen LogP contribution in [0.5, 0.6) is 0 Å². The number of hydrogen-bond acceptors (Lipinski definition) is 3. The second-order valence-corrected chi connectivity index (χ2v) is 5.03. The third-order valence-corrected chi connectivity index (χ3v) is 3.41. The van der Waals surface area contributed by atoms with Crippen molar-refractivity contribution in [1.29, 1.82) is 0 Å². The van der Waals surface area contributed by atoms with Gasteiger partial charge in [-0.05, 0) is 25.3 Å². The van der Waals surface area contributed by atoms with Crippen LogP contribution in [0.3, 0.4) is 0 Å². The van der Waals surface area contributed by atoms with E-state index in [0.29, 0.717) is 6.54 Å². The maximum absolute atomic E-state index is 12.4. The molecule has 0 amide bonds. The molecule has 18 heavy (non-hydrogen) atoms. The van der Waals surface area contributed by atoms with Crippen LogP contribution in [0.4, 0.5) is 19.0 Å². The Morgan fingerprint density at radius 2 is 2.11 bits per heavy atom. The van der Waals surface area contributed by atoms with Crippen LogP contribution in [0.2, 0.25) is 5.02 Å². The summed E-state index contributed by atoms with van der Waals surface area (Å²) in [5.41, 5.74) is 4.85. The van der Waals surface area contributed by atoms with Gasteiger partial charge in [-0.25, -0.2) is 4.98 Å². The second-order valence-electron chi connectivity index (χ2n) is 4.62. The van der Waals surface area contributed by atoms with Gasteiger partial charge >= 0.3 is 6.18 Å². The highest BCUT2D eigenvalue weighted by Crippen LogP contribution is 2.33. The van der Waals surface area contributed by atoms with Gasteiger partial charge < -0.3 is 11.1 Å². The minimum atomic E-state index is -4.43. The van der Waals surface area contributed by atoms with Crippen LogP contribution < -0.4 is 11.1 Å². The topological polar surface area (TPSA) is 50.9 Å². The second kappa shape index (κ2) is 4.59. The summed E-state index contributed by atoms with van der Waals surface area (Å²) in [5, 5.41) is 2.85. The van der Waals surface area contributed by atoms with E-state index in [-0.39, 0.29) is 16.4 Å². The Labute approximate surface area is 108 Å². The van der Waals surface area contributed by atoms with Crippen LogP contribution >= 0.6 is 11.6 Å². The van der Waals surface area contributed by atoms with Gasteiger partial charge in [-0.2, -0.15) is 13.2 Å². The van der Waals surface area contributed by atoms with Gasteiger partial charge in [0.1, 0.15) is 5.82 Å². The molecule has 3 N–H and O–H groups in total. The molecule has 0 radical (unpaired) electrons. The van der Waals surface area contributed by atoms with Crippen molar-refractivity contribution in [2.24, 2.45) is 5.73 Å². The molecule has 0 aliphatic heterocycles. The van der Waals surface area contributed by atoms with Crippen molar-refractivity contribution in [2.75, 3.05) is 11.9 Å². The summed E-state index contributed by atoms with van der Waals surface area (Å²) in [6.07, 6.45) is -0.792. The van der Waals surface area contributed by atoms with E-state index in [1.54, 1.807) is 0 Å². The molecule has 1 saturated carbocycles. The van der Waals surface area contributed by atoms with Gasteiger partial charge in [0.15, 0.2) is 0 Å². The zero-order valence-corrected chi connectivity index (χ0v) is 10.3. The maximum Gasteiger partial charge on any atom is 0.417 e. The molecular formula is C11H13ClF3N3. The van der Waals surface area contributed by atoms with Crippen LogP contribution in [0.1, 0.15) is 24.8 Å². The van der Waals surface area contributed by atoms with Gasteiger partial charge in [-0.15, -0.1) is 0 Å². The highest BCUT2D eigenvalue weighted by atomic mass is 35.5. The van der Waals surface area contributed by atoms with Gasteiger partial charge in [0, 0.05) is 18.3 Å². The van der Waals surface area contributed by atoms with E-state index in [1.807, 2.05) is 0 Å². The summed E-state index contributed by atoms with van der Waals surface area (Å²) in [6.45, 7) is 0.463. The van der Waals surface area contributed by atoms with Crippen molar-refractivity contribution >= 4 is 17.4 Å². The zero-order chi connectivity index (χ0) is 13.4. The van der Waals surface area contributed by atoms with E-state index < -0.39 is 11.7 Å². The average Bonchev–Trinajstić information content (AvgIpc) is 2.23. The number of pyridine rings is 1. The van der Waals surface area contributed by atoms with E-state index in [2.05, 4.69) is 10.3 Å². The quantitative estimate of drug-likeness (QED) is 0.894. The lowest BCUT2D eigenvalue weighted by Gasteiger charge is -2.38. The molecule has 0 spiro atoms. The van der Waals surface area contributed by atoms with Crippen molar-refractivity contribution in [1.82, 2.24) is 4.98 Å². The van der Waals surface area contributed by atoms with Crippen molar-refractivity contribution in [3.05, 3.63) is 22.8 Å². The Bertz CT molecular complexity index is 444. The van der Waals surface area contributed by atoms with Crippen molar-refractivity contribution < 1.29 is 13.2 Å². The third kappa shape index (κ3) is 2.87. The van der Waals surface area contributed by atoms with E-state index >= 15 is 0 Å². The third-order valence-electron chi connectivity index (χ3n) is 3.13. The normalized spacial score (nSPS) is 18.3. The lowest BCUT2D eigenvalue weighted by molar-refractivity contribution is -0.137. The Kier molecular flexibility index (Phi) is 3.42. The predicted octanol–water partition coefficient (Wildman–Crippen LogP) is 3.05. The molecule has 1 heterocycles. The molecule has 7 heteroatoms. The van der Waals surface area contributed by atoms with E-state index in [9.17, 15) is 13.2 Å². The molecule has 1 aliphatic carbocycles. The Morgan fingerprint density at radius 1 is 1.44 bits per heavy atom. The van der Waals surface area contributed by atoms with Crippen molar-refractivity contribution in [3.63, 3.8) is 0 Å². The van der Waals surface area contributed by atoms with Crippen LogP contribution in [0.25, 0.3) is 0 Å². The number of nitrogens with zero attached hydrogens (tertiary/aromatic N) is 1. The number of hydrogen-bond donors (Lipinski definition) is 2. The first-order chi connectivity index (χ1) is 8.30. The molecule has 1 fully saturated rings. The van der Waals surface area contributed by atoms with Crippen LogP contribution in [-0.2, 0) is 6.18 Å². The number of aromatic nitrogens is 1. The number of nitrogens with two attached hydrogens (primary N) is 1. The number of rotatable bonds is 3. The fourth-order valence-corrected chi connectivity index (χ4v) is 2.02. The average molecular weight is 280 g/mol. The molecular weight excluding hydrogens is 267 g/mol. The maximum atomic E-state index is 12.4. The standard InChI is InChI=1S/C11H13ClF3N3/c12-8-4-7(11(13,14)15)5-17-9(8)18-6-10(16)2-1-3-10/h4-5H,1-3,6,16H2,(H,17,18). The highest BCUT2D eigenvalue weighted by Gasteiger charge is 2.33. The first-order valence-electron chi connectivity index (χ1n) is 5.56. The summed E-state index contributed by atoms with van der Waals surface area (Å²) in [4.78, 5) is 3.69. The molecule has 3 nitrogen and oxygen atoms in total. The molecule has 1 aromatic heterocycles. The van der Waals surface area contributed by atoms with Crippen molar-refractivity contribution in [3.8, 4) is 0 Å². The molecule has 0 bridgehead atoms. The van der Waals surface area contributed by atoms with E-state index in [4.69, 9.17) is 17.3 Å². The van der Waals surface area contributed by atoms with Gasteiger partial charge in [0.25, 0.3) is 0 Å². The minimum Gasteiger partial charge on any atom is -0.367 e. The predicted molar refractivity (Wildman–Crippen MR) is 63.5 cm³/mol. The summed E-state index contributed by atoms with van der Waals surface area (Å²) in [6, 6.07) is 0.862. The lowest BCUT2D eigenvalue weighted by atomic mass is 9.78. The molecule has 0 unspecified atom stereocenters. The van der Waals surface area contributed by atoms with Gasteiger partial charge in [0.2, 0.25) is 0 Å². The fourth-order valence-electron chi connectivity index (χ4n) is 1.79. The highest BCUT2D eigenvalue weighted by molar-refractivity contribution is 6.32. The number of halogens is 4. The van der Waals surface area contributed by atoms with E-state index in [1.165, 1.54) is 0 Å². The molecule has 2 rings (SSSR count). The Morgan fingerprint density at radius 3 is 2.56 bits per heavy atom. The SMILES string of the molecule is NC1(CNc2ncc(C(F)(F)F)cc2Cl)CCC1. The number of nitrogens with one attached hydrogen (secondary N) is 1. The first-order valence-corrected chi connectivity index (χ1v) is 5.93. The minimum absolute atomic E-state index is 0.0484. The fraction of sp³-hybridized carbons (Fsp3) is 0.545. The molecule has 0 saturated heterocycles. The van der Waals surface area contributed by atoms with Crippen LogP contribution in [0, 0.1) is 0 Å². The molecule has 0 atom stereocenters. The molecule has 1 aromatic rings. The van der Waals surface area contributed by atoms with Crippen molar-refractivity contribution in [2.45, 2.75) is 31.0 Å². The summed E-state index contributed by atoms with van der Waals surface area (Å²) < 4.78 is 37.2. The van der Waals surface area contributed by atoms with Gasteiger partial charge in [0.05, 0.1) is 10.6 Å². The smallest absolute Gasteiger partial charge is 0.367 e. The van der Waals surface area contributed by atoms with Gasteiger partial charge in [-0.3, -0.25) is 0 Å². The number of alkyl halides is 3. The summed E-state index contributed by atoms with van der Waals surface area (Å²) >= 11 is 5.76. The van der Waals surface area contributed by atoms with Crippen LogP contribution in [-0.4, -0.2) is 17.1 Å². The number of anilines is 1. The lowest BCUT2D eigenvalue weighted by Crippen LogP contribution is -2.52. The Balaban J connectivity index is 2.06.